The van der Waals surface area contributed by atoms with E-state index >= 15 is 0 Å². The first kappa shape index (κ1) is 57.0. The van der Waals surface area contributed by atoms with Crippen LogP contribution in [-0.4, -0.2) is 128 Å². The third kappa shape index (κ3) is 20.6. The highest BCUT2D eigenvalue weighted by molar-refractivity contribution is 9.09. The fourth-order valence-corrected chi connectivity index (χ4v) is 3.99. The molecule has 63 heavy (non-hydrogen) atoms. The Hall–Kier alpha value is -8.10. The molecule has 0 atom stereocenters. The Morgan fingerprint density at radius 3 is 1.40 bits per heavy atom. The number of nitro groups is 2. The van der Waals surface area contributed by atoms with Crippen LogP contribution in [0.4, 0.5) is 27.5 Å². The number of aromatic amines is 1. The first-order valence-electron chi connectivity index (χ1n) is 17.0. The molecule has 4 rings (SSSR count). The van der Waals surface area contributed by atoms with Crippen molar-refractivity contribution in [3.8, 4) is 0 Å². The van der Waals surface area contributed by atoms with Crippen molar-refractivity contribution in [2.24, 2.45) is 22.9 Å². The molecule has 4 aromatic rings. The normalized spacial score (nSPS) is 9.54. The van der Waals surface area contributed by atoms with Crippen molar-refractivity contribution < 1.29 is 67.4 Å². The molecule has 0 radical (unpaired) electrons. The molecule has 0 fully saturated rings. The minimum atomic E-state index is -1.03. The molecule has 4 amide bonds. The van der Waals surface area contributed by atoms with E-state index in [2.05, 4.69) is 50.9 Å². The number of hydrogen-bond donors (Lipinski definition) is 8. The number of nitrogens with two attached hydrogens (primary N) is 6. The molecule has 0 saturated carbocycles. The number of aliphatic hydroxyl groups excluding tert-OH is 1. The van der Waals surface area contributed by atoms with Gasteiger partial charge in [-0.15, -0.1) is 0 Å². The molecule has 0 saturated heterocycles. The molecule has 0 aliphatic heterocycles. The van der Waals surface area contributed by atoms with Gasteiger partial charge in [-0.25, -0.2) is 0 Å². The second-order valence-corrected chi connectivity index (χ2v) is 11.3. The van der Waals surface area contributed by atoms with E-state index in [0.29, 0.717) is 18.5 Å². The van der Waals surface area contributed by atoms with Gasteiger partial charge in [-0.2, -0.15) is 20.4 Å². The number of nitrogens with zero attached hydrogens (tertiary/aromatic N) is 9. The summed E-state index contributed by atoms with van der Waals surface area (Å²) in [7, 11) is 0. The topological polar surface area (TPSA) is 492 Å². The van der Waals surface area contributed by atoms with Gasteiger partial charge in [0.1, 0.15) is 30.8 Å². The van der Waals surface area contributed by atoms with Gasteiger partial charge in [-0.3, -0.25) is 77.6 Å². The Kier molecular flexibility index (Phi) is 26.4. The number of amides is 4. The van der Waals surface area contributed by atoms with Crippen LogP contribution >= 0.6 is 15.9 Å². The van der Waals surface area contributed by atoms with Crippen molar-refractivity contribution in [3.05, 3.63) is 67.8 Å². The predicted octanol–water partition coefficient (Wildman–Crippen LogP) is -2.35. The molecule has 0 aliphatic carbocycles. The molecule has 4 heterocycles. The standard InChI is InChI=1S/C8H10N4O5.C8H12N4O3.C6H10N4O2.C4H7BrO2.C4H4N4O3.FH/c1-2-17-6(13)4-11-3-5(12(15)16)7(10-11)8(9)14;1-2-15-6(13)4-12-3-5(9)7(11-12)8(10)14;7-4-3-10(1-2-11)9-5(4)6(8)12;1-2-7-4(6)3-5;5-4(9)3-2(8(10)11)1-6-7-3;/h3H,2,4H2,1H3,(H2,9,14);3H,2,4,9H2,1H3,(H2,10,14);3,11H,1-2,7H2,(H2,8,12);2-3H2,1H3;1H,(H2,5,9)(H,6,7);1H. The summed E-state index contributed by atoms with van der Waals surface area (Å²) in [6.45, 7) is 5.88. The maximum atomic E-state index is 11.1. The van der Waals surface area contributed by atoms with Crippen LogP contribution in [0.1, 0.15) is 62.7 Å². The SMILES string of the molecule is CCOC(=O)CBr.CCOC(=O)Cn1cc(N)c(C(N)=O)n1.CCOC(=O)Cn1cc([N+](=O)[O-])c(C(N)=O)n1.F.NC(=O)c1[nH]ncc1[N+](=O)[O-].NC(=O)c1nn(CCO)cc1N. The summed E-state index contributed by atoms with van der Waals surface area (Å²) in [4.78, 5) is 94.2. The van der Waals surface area contributed by atoms with Gasteiger partial charge in [0.25, 0.3) is 23.6 Å². The minimum absolute atomic E-state index is 0. The highest BCUT2D eigenvalue weighted by Gasteiger charge is 2.24. The summed E-state index contributed by atoms with van der Waals surface area (Å²) in [6, 6.07) is 0. The van der Waals surface area contributed by atoms with Gasteiger partial charge >= 0.3 is 29.3 Å². The Morgan fingerprint density at radius 2 is 1.08 bits per heavy atom. The van der Waals surface area contributed by atoms with Gasteiger partial charge in [0.15, 0.2) is 11.4 Å². The number of halogens is 2. The molecule has 14 N–H and O–H groups in total. The number of nitrogens with one attached hydrogen (secondary N) is 1. The summed E-state index contributed by atoms with van der Waals surface area (Å²) >= 11 is 2.94. The van der Waals surface area contributed by atoms with E-state index in [9.17, 15) is 53.8 Å². The molecule has 0 spiro atoms. The van der Waals surface area contributed by atoms with Crippen molar-refractivity contribution in [2.45, 2.75) is 40.4 Å². The summed E-state index contributed by atoms with van der Waals surface area (Å²) in [5.41, 5.74) is 29.2. The van der Waals surface area contributed by atoms with Crippen LogP contribution in [0.2, 0.25) is 0 Å². The number of nitrogen functional groups attached to an aromatic ring is 2. The van der Waals surface area contributed by atoms with Gasteiger partial charge in [-0.1, -0.05) is 15.9 Å². The van der Waals surface area contributed by atoms with Crippen molar-refractivity contribution >= 4 is 80.2 Å². The quantitative estimate of drug-likeness (QED) is 0.0192. The zero-order chi connectivity index (χ0) is 47.7. The Bertz CT molecular complexity index is 2130. The Morgan fingerprint density at radius 1 is 0.683 bits per heavy atom. The van der Waals surface area contributed by atoms with Crippen LogP contribution in [0.5, 0.6) is 0 Å². The number of carbonyl (C=O) groups excluding carboxylic acids is 7. The zero-order valence-corrected chi connectivity index (χ0v) is 35.0. The number of esters is 3. The number of anilines is 2. The smallest absolute Gasteiger partial charge is 0.327 e. The first-order valence-corrected chi connectivity index (χ1v) is 18.1. The lowest BCUT2D eigenvalue weighted by Crippen LogP contribution is -2.16. The lowest BCUT2D eigenvalue weighted by atomic mass is 10.4. The van der Waals surface area contributed by atoms with Gasteiger partial charge in [0.05, 0.1) is 54.2 Å². The first-order chi connectivity index (χ1) is 29.1. The average molecular weight is 968 g/mol. The summed E-state index contributed by atoms with van der Waals surface area (Å²) < 4.78 is 17.4. The molecule has 33 heteroatoms. The fourth-order valence-electron chi connectivity index (χ4n) is 3.83. The fraction of sp³-hybridized carbons (Fsp3) is 0.367. The van der Waals surface area contributed by atoms with E-state index in [0.717, 1.165) is 17.1 Å². The third-order valence-corrected chi connectivity index (χ3v) is 6.68. The van der Waals surface area contributed by atoms with E-state index in [1.165, 1.54) is 21.8 Å². The van der Waals surface area contributed by atoms with E-state index in [1.807, 2.05) is 0 Å². The number of aromatic nitrogens is 8. The highest BCUT2D eigenvalue weighted by Crippen LogP contribution is 2.16. The number of H-pyrrole nitrogens is 1. The number of hydrogen-bond acceptors (Lipinski definition) is 21. The molecular weight excluding hydrogens is 923 g/mol. The molecule has 31 nitrogen and oxygen atoms in total. The monoisotopic (exact) mass is 966 g/mol. The summed E-state index contributed by atoms with van der Waals surface area (Å²) in [6.07, 6.45) is 4.70. The molecule has 0 aromatic carbocycles. The highest BCUT2D eigenvalue weighted by atomic mass is 79.9. The van der Waals surface area contributed by atoms with Crippen molar-refractivity contribution in [2.75, 3.05) is 43.2 Å². The van der Waals surface area contributed by atoms with Crippen LogP contribution in [0.3, 0.4) is 0 Å². The van der Waals surface area contributed by atoms with Gasteiger partial charge < -0.3 is 53.7 Å². The van der Waals surface area contributed by atoms with Gasteiger partial charge in [0.2, 0.25) is 11.4 Å². The van der Waals surface area contributed by atoms with E-state index in [-0.39, 0.29) is 72.0 Å². The van der Waals surface area contributed by atoms with Crippen LogP contribution in [-0.2, 0) is 48.2 Å². The lowest BCUT2D eigenvalue weighted by molar-refractivity contribution is -0.385. The molecule has 0 aliphatic rings. The average Bonchev–Trinajstić information content (AvgIpc) is 3.99. The van der Waals surface area contributed by atoms with Crippen LogP contribution < -0.4 is 34.4 Å². The lowest BCUT2D eigenvalue weighted by Gasteiger charge is -2.00. The maximum absolute atomic E-state index is 11.1. The number of rotatable bonds is 16. The van der Waals surface area contributed by atoms with E-state index in [4.69, 9.17) is 44.2 Å². The molecular formula is C30H44BrFN16O15. The largest absolute Gasteiger partial charge is 0.465 e. The number of carbonyl (C=O) groups is 7. The van der Waals surface area contributed by atoms with Gasteiger partial charge in [0, 0.05) is 12.4 Å². The van der Waals surface area contributed by atoms with Crippen molar-refractivity contribution in [1.29, 1.82) is 0 Å². The van der Waals surface area contributed by atoms with Crippen LogP contribution in [0, 0.1) is 20.2 Å². The number of aliphatic hydroxyl groups is 1. The minimum Gasteiger partial charge on any atom is -0.465 e. The number of alkyl halides is 1. The Balaban J connectivity index is 0. The summed E-state index contributed by atoms with van der Waals surface area (Å²) in [5.74, 6) is -4.58. The predicted molar refractivity (Wildman–Crippen MR) is 215 cm³/mol. The molecule has 4 aromatic heterocycles. The van der Waals surface area contributed by atoms with Gasteiger partial charge in [-0.05, 0) is 20.8 Å². The van der Waals surface area contributed by atoms with Crippen LogP contribution in [0.25, 0.3) is 0 Å². The molecule has 0 unspecified atom stereocenters. The zero-order valence-electron chi connectivity index (χ0n) is 33.4. The van der Waals surface area contributed by atoms with Crippen molar-refractivity contribution in [1.82, 2.24) is 39.5 Å². The third-order valence-electron chi connectivity index (χ3n) is 6.22. The molecule has 0 bridgehead atoms. The molecule has 348 valence electrons. The van der Waals surface area contributed by atoms with E-state index < -0.39 is 62.5 Å². The number of primary amides is 4. The van der Waals surface area contributed by atoms with E-state index in [1.54, 1.807) is 20.8 Å². The maximum Gasteiger partial charge on any atom is 0.327 e. The van der Waals surface area contributed by atoms with Crippen molar-refractivity contribution in [3.63, 3.8) is 0 Å². The Labute approximate surface area is 361 Å². The second kappa shape index (κ2) is 29.2. The number of ether oxygens (including phenoxy) is 3. The van der Waals surface area contributed by atoms with Crippen LogP contribution in [0.15, 0.2) is 24.8 Å². The second-order valence-electron chi connectivity index (χ2n) is 10.8. The summed E-state index contributed by atoms with van der Waals surface area (Å²) in [5, 5.41) is 46.0.